The molecule has 0 radical (unpaired) electrons. The van der Waals surface area contributed by atoms with Crippen LogP contribution in [0, 0.1) is 0 Å². The molecule has 0 bridgehead atoms. The first kappa shape index (κ1) is 16.5. The number of rotatable bonds is 7. The maximum Gasteiger partial charge on any atom is 0.247 e. The topological polar surface area (TPSA) is 69.6 Å². The minimum absolute atomic E-state index is 0.517. The van der Waals surface area contributed by atoms with E-state index in [0.717, 1.165) is 21.0 Å². The van der Waals surface area contributed by atoms with Gasteiger partial charge in [0, 0.05) is 22.5 Å². The number of nitrogens with zero attached hydrogens (tertiary/aromatic N) is 5. The Kier molecular flexibility index (Phi) is 4.72. The van der Waals surface area contributed by atoms with Crippen LogP contribution in [0.4, 0.5) is 0 Å². The Morgan fingerprint density at radius 1 is 1.28 bits per heavy atom. The quantitative estimate of drug-likeness (QED) is 0.417. The molecule has 2 heterocycles. The normalized spacial score (nSPS) is 14.0. The molecule has 1 saturated carbocycles. The minimum Gasteiger partial charge on any atom is -0.420 e. The van der Waals surface area contributed by atoms with Gasteiger partial charge in [0.25, 0.3) is 0 Å². The standard InChI is InChI=1S/C17H16BrN5OS/c1-2-8-23-15(11-6-7-11)20-22-17(23)25-10-14-19-21-16(24-14)12-4-3-5-13(18)9-12/h2-5,9,11H,1,6-8,10H2. The van der Waals surface area contributed by atoms with Gasteiger partial charge in [0.2, 0.25) is 11.8 Å². The number of hydrogen-bond acceptors (Lipinski definition) is 6. The number of aromatic nitrogens is 5. The molecule has 0 aliphatic heterocycles. The van der Waals surface area contributed by atoms with Gasteiger partial charge in [-0.05, 0) is 31.0 Å². The van der Waals surface area contributed by atoms with E-state index in [1.165, 1.54) is 12.8 Å². The van der Waals surface area contributed by atoms with Crippen LogP contribution in [0.25, 0.3) is 11.5 Å². The molecule has 0 amide bonds. The van der Waals surface area contributed by atoms with Crippen LogP contribution in [0.5, 0.6) is 0 Å². The predicted molar refractivity (Wildman–Crippen MR) is 99.2 cm³/mol. The number of hydrogen-bond donors (Lipinski definition) is 0. The summed E-state index contributed by atoms with van der Waals surface area (Å²) in [6.45, 7) is 4.55. The molecule has 6 nitrogen and oxygen atoms in total. The van der Waals surface area contributed by atoms with Crippen LogP contribution in [-0.4, -0.2) is 25.0 Å². The lowest BCUT2D eigenvalue weighted by Crippen LogP contribution is -2.02. The summed E-state index contributed by atoms with van der Waals surface area (Å²) in [4.78, 5) is 0. The van der Waals surface area contributed by atoms with Crippen molar-refractivity contribution in [1.82, 2.24) is 25.0 Å². The highest BCUT2D eigenvalue weighted by molar-refractivity contribution is 9.10. The zero-order valence-electron chi connectivity index (χ0n) is 13.4. The molecule has 8 heteroatoms. The van der Waals surface area contributed by atoms with E-state index in [1.807, 2.05) is 30.3 Å². The summed E-state index contributed by atoms with van der Waals surface area (Å²) >= 11 is 5.00. The Bertz CT molecular complexity index is 902. The van der Waals surface area contributed by atoms with E-state index in [1.54, 1.807) is 11.8 Å². The van der Waals surface area contributed by atoms with Crippen molar-refractivity contribution >= 4 is 27.7 Å². The van der Waals surface area contributed by atoms with Crippen molar-refractivity contribution < 1.29 is 4.42 Å². The second kappa shape index (κ2) is 7.13. The highest BCUT2D eigenvalue weighted by Gasteiger charge is 2.30. The van der Waals surface area contributed by atoms with Gasteiger partial charge in [0.15, 0.2) is 5.16 Å². The lowest BCUT2D eigenvalue weighted by Gasteiger charge is -2.05. The lowest BCUT2D eigenvalue weighted by molar-refractivity contribution is 0.528. The third-order valence-corrected chi connectivity index (χ3v) is 5.31. The Hall–Kier alpha value is -1.93. The summed E-state index contributed by atoms with van der Waals surface area (Å²) in [5.74, 6) is 3.25. The number of halogens is 1. The molecular weight excluding hydrogens is 402 g/mol. The SMILES string of the molecule is C=CCn1c(SCc2nnc(-c3cccc(Br)c3)o2)nnc1C1CC1. The zero-order valence-corrected chi connectivity index (χ0v) is 15.8. The van der Waals surface area contributed by atoms with Gasteiger partial charge in [0.05, 0.1) is 5.75 Å². The first-order chi connectivity index (χ1) is 12.2. The first-order valence-electron chi connectivity index (χ1n) is 7.99. The van der Waals surface area contributed by atoms with Gasteiger partial charge in [-0.2, -0.15) is 0 Å². The maximum absolute atomic E-state index is 5.77. The van der Waals surface area contributed by atoms with Crippen LogP contribution in [0.3, 0.4) is 0 Å². The second-order valence-corrected chi connectivity index (χ2v) is 7.67. The lowest BCUT2D eigenvalue weighted by atomic mass is 10.2. The summed E-state index contributed by atoms with van der Waals surface area (Å²) in [6, 6.07) is 7.79. The molecule has 0 spiro atoms. The molecule has 25 heavy (non-hydrogen) atoms. The van der Waals surface area contributed by atoms with E-state index in [0.29, 0.717) is 30.0 Å². The Morgan fingerprint density at radius 2 is 2.16 bits per heavy atom. The van der Waals surface area contributed by atoms with Gasteiger partial charge < -0.3 is 8.98 Å². The molecule has 2 aromatic heterocycles. The van der Waals surface area contributed by atoms with E-state index in [-0.39, 0.29) is 0 Å². The molecule has 3 aromatic rings. The van der Waals surface area contributed by atoms with E-state index < -0.39 is 0 Å². The molecule has 1 aliphatic carbocycles. The molecule has 1 aromatic carbocycles. The molecule has 128 valence electrons. The van der Waals surface area contributed by atoms with Gasteiger partial charge in [-0.3, -0.25) is 0 Å². The molecule has 0 atom stereocenters. The summed E-state index contributed by atoms with van der Waals surface area (Å²) < 4.78 is 8.87. The fourth-order valence-electron chi connectivity index (χ4n) is 2.53. The van der Waals surface area contributed by atoms with Crippen LogP contribution >= 0.6 is 27.7 Å². The number of thioether (sulfide) groups is 1. The van der Waals surface area contributed by atoms with Gasteiger partial charge >= 0.3 is 0 Å². The van der Waals surface area contributed by atoms with Crippen LogP contribution in [0.15, 0.2) is 51.0 Å². The average Bonchev–Trinajstić information content (AvgIpc) is 3.20. The van der Waals surface area contributed by atoms with E-state index in [4.69, 9.17) is 4.42 Å². The van der Waals surface area contributed by atoms with Gasteiger partial charge in [-0.25, -0.2) is 0 Å². The van der Waals surface area contributed by atoms with Crippen LogP contribution < -0.4 is 0 Å². The van der Waals surface area contributed by atoms with Crippen molar-refractivity contribution in [3.05, 3.63) is 53.1 Å². The zero-order chi connectivity index (χ0) is 17.2. The van der Waals surface area contributed by atoms with E-state index in [2.05, 4.69) is 47.5 Å². The molecule has 0 N–H and O–H groups in total. The van der Waals surface area contributed by atoms with E-state index in [9.17, 15) is 0 Å². The van der Waals surface area contributed by atoms with E-state index >= 15 is 0 Å². The second-order valence-electron chi connectivity index (χ2n) is 5.81. The Balaban J connectivity index is 1.48. The Morgan fingerprint density at radius 3 is 2.92 bits per heavy atom. The summed E-state index contributed by atoms with van der Waals surface area (Å²) in [5, 5.41) is 17.8. The summed E-state index contributed by atoms with van der Waals surface area (Å²) in [7, 11) is 0. The van der Waals surface area contributed by atoms with Crippen LogP contribution in [-0.2, 0) is 12.3 Å². The fraction of sp³-hybridized carbons (Fsp3) is 0.294. The molecule has 1 fully saturated rings. The van der Waals surface area contributed by atoms with Crippen molar-refractivity contribution in [2.75, 3.05) is 0 Å². The third-order valence-electron chi connectivity index (χ3n) is 3.86. The van der Waals surface area contributed by atoms with Crippen molar-refractivity contribution in [2.45, 2.75) is 36.2 Å². The number of allylic oxidation sites excluding steroid dienone is 1. The third kappa shape index (κ3) is 3.69. The fourth-order valence-corrected chi connectivity index (χ4v) is 3.72. The molecule has 0 unspecified atom stereocenters. The highest BCUT2D eigenvalue weighted by atomic mass is 79.9. The predicted octanol–water partition coefficient (Wildman–Crippen LogP) is 4.45. The van der Waals surface area contributed by atoms with Gasteiger partial charge in [-0.15, -0.1) is 27.0 Å². The number of benzene rings is 1. The molecule has 4 rings (SSSR count). The van der Waals surface area contributed by atoms with Crippen molar-refractivity contribution in [1.29, 1.82) is 0 Å². The molecule has 1 aliphatic rings. The molecule has 0 saturated heterocycles. The first-order valence-corrected chi connectivity index (χ1v) is 9.77. The van der Waals surface area contributed by atoms with Crippen LogP contribution in [0.2, 0.25) is 0 Å². The van der Waals surface area contributed by atoms with Gasteiger partial charge in [0.1, 0.15) is 5.82 Å². The Labute approximate surface area is 157 Å². The minimum atomic E-state index is 0.517. The monoisotopic (exact) mass is 417 g/mol. The average molecular weight is 418 g/mol. The maximum atomic E-state index is 5.77. The van der Waals surface area contributed by atoms with Crippen molar-refractivity contribution in [3.8, 4) is 11.5 Å². The summed E-state index contributed by atoms with van der Waals surface area (Å²) in [5.41, 5.74) is 0.893. The highest BCUT2D eigenvalue weighted by Crippen LogP contribution is 2.40. The van der Waals surface area contributed by atoms with Crippen LogP contribution in [0.1, 0.15) is 30.5 Å². The van der Waals surface area contributed by atoms with Gasteiger partial charge in [-0.1, -0.05) is 39.8 Å². The van der Waals surface area contributed by atoms with Crippen molar-refractivity contribution in [2.24, 2.45) is 0 Å². The largest absolute Gasteiger partial charge is 0.420 e. The smallest absolute Gasteiger partial charge is 0.247 e. The van der Waals surface area contributed by atoms with Crippen molar-refractivity contribution in [3.63, 3.8) is 0 Å². The summed E-state index contributed by atoms with van der Waals surface area (Å²) in [6.07, 6.45) is 4.26. The molecular formula is C17H16BrN5OS.